The van der Waals surface area contributed by atoms with E-state index in [0.29, 0.717) is 27.8 Å². The number of esters is 1. The predicted octanol–water partition coefficient (Wildman–Crippen LogP) is 4.22. The van der Waals surface area contributed by atoms with Crippen molar-refractivity contribution in [2.75, 3.05) is 12.4 Å². The zero-order chi connectivity index (χ0) is 17.7. The minimum Gasteiger partial charge on any atom is -0.495 e. The van der Waals surface area contributed by atoms with E-state index in [1.54, 1.807) is 43.3 Å². The predicted molar refractivity (Wildman–Crippen MR) is 93.1 cm³/mol. The highest BCUT2D eigenvalue weighted by Gasteiger charge is 2.12. The largest absolute Gasteiger partial charge is 0.495 e. The summed E-state index contributed by atoms with van der Waals surface area (Å²) < 4.78 is 10.3. The summed E-state index contributed by atoms with van der Waals surface area (Å²) in [6, 6.07) is 9.72. The molecule has 0 atom stereocenters. The van der Waals surface area contributed by atoms with Crippen LogP contribution in [0.25, 0.3) is 0 Å². The first-order valence-electron chi connectivity index (χ1n) is 7.40. The Kier molecular flexibility index (Phi) is 5.82. The molecule has 0 saturated heterocycles. The fourth-order valence-corrected chi connectivity index (χ4v) is 2.16. The first-order chi connectivity index (χ1) is 11.4. The molecule has 2 rings (SSSR count). The van der Waals surface area contributed by atoms with E-state index in [9.17, 15) is 9.59 Å². The second-order valence-corrected chi connectivity index (χ2v) is 5.52. The summed E-state index contributed by atoms with van der Waals surface area (Å²) in [5.41, 5.74) is 1.79. The Morgan fingerprint density at radius 3 is 2.42 bits per heavy atom. The van der Waals surface area contributed by atoms with Crippen molar-refractivity contribution in [1.82, 2.24) is 0 Å². The number of halogens is 1. The molecule has 0 spiro atoms. The molecule has 1 amide bonds. The highest BCUT2D eigenvalue weighted by molar-refractivity contribution is 6.31. The number of hydrogen-bond donors (Lipinski definition) is 1. The molecule has 24 heavy (non-hydrogen) atoms. The minimum absolute atomic E-state index is 0.290. The Morgan fingerprint density at radius 1 is 1.17 bits per heavy atom. The lowest BCUT2D eigenvalue weighted by Gasteiger charge is -2.12. The Morgan fingerprint density at radius 2 is 1.83 bits per heavy atom. The van der Waals surface area contributed by atoms with Gasteiger partial charge in [0.05, 0.1) is 12.8 Å². The quantitative estimate of drug-likeness (QED) is 0.649. The average molecular weight is 348 g/mol. The monoisotopic (exact) mass is 347 g/mol. The Balaban J connectivity index is 2.15. The van der Waals surface area contributed by atoms with E-state index >= 15 is 0 Å². The molecule has 126 valence electrons. The van der Waals surface area contributed by atoms with Crippen molar-refractivity contribution in [3.63, 3.8) is 0 Å². The van der Waals surface area contributed by atoms with Crippen LogP contribution in [0.4, 0.5) is 5.69 Å². The smallest absolute Gasteiger partial charge is 0.310 e. The minimum atomic E-state index is -0.325. The van der Waals surface area contributed by atoms with Gasteiger partial charge in [-0.15, -0.1) is 0 Å². The van der Waals surface area contributed by atoms with Crippen LogP contribution in [-0.4, -0.2) is 19.0 Å². The molecular formula is C18H18ClNO4. The molecule has 6 heteroatoms. The normalized spacial score (nSPS) is 10.2. The van der Waals surface area contributed by atoms with Crippen LogP contribution in [0.2, 0.25) is 5.02 Å². The third kappa shape index (κ3) is 4.26. The van der Waals surface area contributed by atoms with Crippen molar-refractivity contribution < 1.29 is 19.1 Å². The van der Waals surface area contributed by atoms with Crippen molar-refractivity contribution >= 4 is 29.2 Å². The average Bonchev–Trinajstić information content (AvgIpc) is 2.58. The van der Waals surface area contributed by atoms with E-state index < -0.39 is 0 Å². The molecule has 1 N–H and O–H groups in total. The van der Waals surface area contributed by atoms with Gasteiger partial charge in [-0.2, -0.15) is 0 Å². The standard InChI is InChI=1S/C18H18ClNO4/c1-4-17(21)24-13-7-5-12(6-8-13)18(22)20-15-9-11(2)14(19)10-16(15)23-3/h5-10H,4H2,1-3H3,(H,20,22). The molecule has 0 unspecified atom stereocenters. The van der Waals surface area contributed by atoms with Gasteiger partial charge in [0.15, 0.2) is 0 Å². The number of aryl methyl sites for hydroxylation is 1. The van der Waals surface area contributed by atoms with E-state index in [4.69, 9.17) is 21.1 Å². The number of benzene rings is 2. The topological polar surface area (TPSA) is 64.6 Å². The van der Waals surface area contributed by atoms with Crippen molar-refractivity contribution in [3.05, 3.63) is 52.5 Å². The highest BCUT2D eigenvalue weighted by Crippen LogP contribution is 2.31. The molecule has 0 fully saturated rings. The molecule has 2 aromatic rings. The fraction of sp³-hybridized carbons (Fsp3) is 0.222. The van der Waals surface area contributed by atoms with Gasteiger partial charge >= 0.3 is 5.97 Å². The number of anilines is 1. The molecular weight excluding hydrogens is 330 g/mol. The molecule has 2 aromatic carbocycles. The molecule has 0 radical (unpaired) electrons. The van der Waals surface area contributed by atoms with Gasteiger partial charge in [0, 0.05) is 23.1 Å². The zero-order valence-corrected chi connectivity index (χ0v) is 14.4. The van der Waals surface area contributed by atoms with Crippen LogP contribution in [0, 0.1) is 6.92 Å². The maximum absolute atomic E-state index is 12.4. The molecule has 5 nitrogen and oxygen atoms in total. The van der Waals surface area contributed by atoms with Gasteiger partial charge in [-0.25, -0.2) is 0 Å². The second kappa shape index (κ2) is 7.84. The van der Waals surface area contributed by atoms with Crippen LogP contribution in [0.1, 0.15) is 29.3 Å². The van der Waals surface area contributed by atoms with Gasteiger partial charge in [0.1, 0.15) is 11.5 Å². The first kappa shape index (κ1) is 17.8. The molecule has 0 aliphatic heterocycles. The summed E-state index contributed by atoms with van der Waals surface area (Å²) in [4.78, 5) is 23.6. The van der Waals surface area contributed by atoms with Crippen molar-refractivity contribution in [3.8, 4) is 11.5 Å². The van der Waals surface area contributed by atoms with Crippen LogP contribution in [-0.2, 0) is 4.79 Å². The van der Waals surface area contributed by atoms with Gasteiger partial charge in [0.2, 0.25) is 0 Å². The van der Waals surface area contributed by atoms with E-state index in [-0.39, 0.29) is 18.3 Å². The van der Waals surface area contributed by atoms with E-state index in [2.05, 4.69) is 5.32 Å². The molecule has 0 aromatic heterocycles. The van der Waals surface area contributed by atoms with Crippen molar-refractivity contribution in [2.45, 2.75) is 20.3 Å². The van der Waals surface area contributed by atoms with E-state index in [0.717, 1.165) is 5.56 Å². The second-order valence-electron chi connectivity index (χ2n) is 5.11. The van der Waals surface area contributed by atoms with Crippen LogP contribution in [0.5, 0.6) is 11.5 Å². The number of rotatable bonds is 5. The lowest BCUT2D eigenvalue weighted by molar-refractivity contribution is -0.134. The van der Waals surface area contributed by atoms with Crippen molar-refractivity contribution in [1.29, 1.82) is 0 Å². The fourth-order valence-electron chi connectivity index (χ4n) is 2.00. The molecule has 0 bridgehead atoms. The summed E-state index contributed by atoms with van der Waals surface area (Å²) in [6.45, 7) is 3.56. The van der Waals surface area contributed by atoms with Crippen LogP contribution < -0.4 is 14.8 Å². The van der Waals surface area contributed by atoms with Gasteiger partial charge < -0.3 is 14.8 Å². The zero-order valence-electron chi connectivity index (χ0n) is 13.7. The summed E-state index contributed by atoms with van der Waals surface area (Å²) in [5, 5.41) is 3.35. The lowest BCUT2D eigenvalue weighted by atomic mass is 10.1. The van der Waals surface area contributed by atoms with E-state index in [1.165, 1.54) is 7.11 Å². The Bertz CT molecular complexity index is 756. The summed E-state index contributed by atoms with van der Waals surface area (Å²) >= 11 is 6.05. The van der Waals surface area contributed by atoms with E-state index in [1.807, 2.05) is 6.92 Å². The van der Waals surface area contributed by atoms with Crippen LogP contribution in [0.15, 0.2) is 36.4 Å². The maximum atomic E-state index is 12.4. The number of carbonyl (C=O) groups excluding carboxylic acids is 2. The number of hydrogen-bond acceptors (Lipinski definition) is 4. The van der Waals surface area contributed by atoms with Gasteiger partial charge in [-0.05, 0) is 42.8 Å². The lowest BCUT2D eigenvalue weighted by Crippen LogP contribution is -2.13. The maximum Gasteiger partial charge on any atom is 0.310 e. The number of methoxy groups -OCH3 is 1. The summed E-state index contributed by atoms with van der Waals surface area (Å²) in [7, 11) is 1.51. The first-order valence-corrected chi connectivity index (χ1v) is 7.78. The third-order valence-electron chi connectivity index (χ3n) is 3.37. The number of carbonyl (C=O) groups is 2. The summed E-state index contributed by atoms with van der Waals surface area (Å²) in [6.07, 6.45) is 0.290. The van der Waals surface area contributed by atoms with Crippen molar-refractivity contribution in [2.24, 2.45) is 0 Å². The summed E-state index contributed by atoms with van der Waals surface area (Å²) in [5.74, 6) is 0.253. The van der Waals surface area contributed by atoms with Crippen LogP contribution >= 0.6 is 11.6 Å². The highest BCUT2D eigenvalue weighted by atomic mass is 35.5. The van der Waals surface area contributed by atoms with Gasteiger partial charge in [0.25, 0.3) is 5.91 Å². The number of amides is 1. The Labute approximate surface area is 145 Å². The molecule has 0 aliphatic carbocycles. The third-order valence-corrected chi connectivity index (χ3v) is 3.77. The van der Waals surface area contributed by atoms with Gasteiger partial charge in [-0.3, -0.25) is 9.59 Å². The number of ether oxygens (including phenoxy) is 2. The van der Waals surface area contributed by atoms with Crippen LogP contribution in [0.3, 0.4) is 0 Å². The molecule has 0 aliphatic rings. The number of nitrogens with one attached hydrogen (secondary N) is 1. The molecule has 0 saturated carbocycles. The van der Waals surface area contributed by atoms with Gasteiger partial charge in [-0.1, -0.05) is 18.5 Å². The SMILES string of the molecule is CCC(=O)Oc1ccc(C(=O)Nc2cc(C)c(Cl)cc2OC)cc1. The Hall–Kier alpha value is -2.53. The molecule has 0 heterocycles.